The maximum absolute atomic E-state index is 13.3. The van der Waals surface area contributed by atoms with Gasteiger partial charge in [-0.3, -0.25) is 4.68 Å². The van der Waals surface area contributed by atoms with Gasteiger partial charge in [0, 0.05) is 48.2 Å². The first-order valence-corrected chi connectivity index (χ1v) is 9.30. The highest BCUT2D eigenvalue weighted by atomic mass is 19.4. The molecule has 0 spiro atoms. The lowest BCUT2D eigenvalue weighted by molar-refractivity contribution is -0.136. The molecule has 148 valence electrons. The van der Waals surface area contributed by atoms with Gasteiger partial charge < -0.3 is 14.5 Å². The van der Waals surface area contributed by atoms with Crippen LogP contribution in [0.2, 0.25) is 0 Å². The highest BCUT2D eigenvalue weighted by molar-refractivity contribution is 5.84. The Balaban J connectivity index is 1.59. The second-order valence-corrected chi connectivity index (χ2v) is 7.30. The number of ether oxygens (including phenoxy) is 2. The summed E-state index contributed by atoms with van der Waals surface area (Å²) >= 11 is 0. The van der Waals surface area contributed by atoms with Gasteiger partial charge in [0.2, 0.25) is 0 Å². The molecule has 0 radical (unpaired) electrons. The fourth-order valence-corrected chi connectivity index (χ4v) is 4.01. The molecule has 3 aromatic heterocycles. The van der Waals surface area contributed by atoms with Gasteiger partial charge in [-0.1, -0.05) is 0 Å². The van der Waals surface area contributed by atoms with E-state index in [-0.39, 0.29) is 23.0 Å². The SMILES string of the molecule is FC(F)(F)c1c[nH]c2ncc(-c3cc([C@@H]4CCOC4)n(C4CCOC4)n3)cc12. The Morgan fingerprint density at radius 1 is 1.11 bits per heavy atom. The summed E-state index contributed by atoms with van der Waals surface area (Å²) in [5, 5.41) is 4.79. The summed E-state index contributed by atoms with van der Waals surface area (Å²) in [7, 11) is 0. The summed E-state index contributed by atoms with van der Waals surface area (Å²) in [5.41, 5.74) is 1.73. The van der Waals surface area contributed by atoms with Crippen LogP contribution < -0.4 is 0 Å². The second kappa shape index (κ2) is 6.59. The molecule has 0 amide bonds. The van der Waals surface area contributed by atoms with Crippen molar-refractivity contribution in [3.8, 4) is 11.3 Å². The molecule has 2 aliphatic rings. The van der Waals surface area contributed by atoms with E-state index in [0.29, 0.717) is 37.7 Å². The average molecular weight is 392 g/mol. The van der Waals surface area contributed by atoms with E-state index in [9.17, 15) is 13.2 Å². The number of H-pyrrole nitrogens is 1. The minimum Gasteiger partial charge on any atom is -0.381 e. The van der Waals surface area contributed by atoms with E-state index in [1.165, 1.54) is 6.07 Å². The third kappa shape index (κ3) is 2.98. The Labute approximate surface area is 158 Å². The smallest absolute Gasteiger partial charge is 0.381 e. The number of pyridine rings is 1. The predicted octanol–water partition coefficient (Wildman–Crippen LogP) is 3.91. The van der Waals surface area contributed by atoms with Crippen molar-refractivity contribution in [2.24, 2.45) is 0 Å². The van der Waals surface area contributed by atoms with E-state index in [1.807, 2.05) is 10.7 Å². The molecular weight excluding hydrogens is 373 g/mol. The summed E-state index contributed by atoms with van der Waals surface area (Å²) < 4.78 is 52.8. The molecule has 9 heteroatoms. The van der Waals surface area contributed by atoms with Gasteiger partial charge >= 0.3 is 6.18 Å². The van der Waals surface area contributed by atoms with Crippen LogP contribution in [-0.4, -0.2) is 46.2 Å². The van der Waals surface area contributed by atoms with Gasteiger partial charge in [0.15, 0.2) is 0 Å². The molecule has 5 rings (SSSR count). The Morgan fingerprint density at radius 3 is 2.64 bits per heavy atom. The van der Waals surface area contributed by atoms with Crippen LogP contribution in [0.1, 0.15) is 36.1 Å². The number of hydrogen-bond donors (Lipinski definition) is 1. The molecule has 1 unspecified atom stereocenters. The van der Waals surface area contributed by atoms with Crippen molar-refractivity contribution in [3.63, 3.8) is 0 Å². The van der Waals surface area contributed by atoms with Crippen molar-refractivity contribution in [3.05, 3.63) is 35.8 Å². The third-order valence-electron chi connectivity index (χ3n) is 5.50. The summed E-state index contributed by atoms with van der Waals surface area (Å²) in [4.78, 5) is 6.76. The first-order valence-electron chi connectivity index (χ1n) is 9.30. The molecule has 6 nitrogen and oxygen atoms in total. The van der Waals surface area contributed by atoms with Crippen molar-refractivity contribution in [2.45, 2.75) is 31.0 Å². The van der Waals surface area contributed by atoms with Gasteiger partial charge in [-0.25, -0.2) is 4.98 Å². The van der Waals surface area contributed by atoms with Gasteiger partial charge in [-0.05, 0) is 25.0 Å². The Bertz CT molecular complexity index is 965. The molecule has 0 bridgehead atoms. The van der Waals surface area contributed by atoms with Gasteiger partial charge in [-0.2, -0.15) is 18.3 Å². The van der Waals surface area contributed by atoms with E-state index in [0.717, 1.165) is 24.7 Å². The molecule has 2 fully saturated rings. The molecule has 1 N–H and O–H groups in total. The second-order valence-electron chi connectivity index (χ2n) is 7.30. The van der Waals surface area contributed by atoms with Gasteiger partial charge in [0.25, 0.3) is 0 Å². The Kier molecular flexibility index (Phi) is 4.17. The molecule has 2 saturated heterocycles. The minimum absolute atomic E-state index is 0.0505. The lowest BCUT2D eigenvalue weighted by Gasteiger charge is -2.16. The monoisotopic (exact) mass is 392 g/mol. The molecule has 3 aromatic rings. The van der Waals surface area contributed by atoms with Gasteiger partial charge in [0.1, 0.15) is 5.65 Å². The van der Waals surface area contributed by atoms with E-state index >= 15 is 0 Å². The summed E-state index contributed by atoms with van der Waals surface area (Å²) in [6.45, 7) is 2.62. The fraction of sp³-hybridized carbons (Fsp3) is 0.474. The average Bonchev–Trinajstić information content (AvgIpc) is 3.46. The van der Waals surface area contributed by atoms with Crippen molar-refractivity contribution in [1.29, 1.82) is 0 Å². The molecule has 2 aliphatic heterocycles. The van der Waals surface area contributed by atoms with Crippen LogP contribution in [0.25, 0.3) is 22.3 Å². The maximum Gasteiger partial charge on any atom is 0.418 e. The largest absolute Gasteiger partial charge is 0.418 e. The molecule has 2 atom stereocenters. The zero-order valence-corrected chi connectivity index (χ0v) is 15.0. The van der Waals surface area contributed by atoms with E-state index in [1.54, 1.807) is 6.20 Å². The summed E-state index contributed by atoms with van der Waals surface area (Å²) in [5.74, 6) is 0.233. The summed E-state index contributed by atoms with van der Waals surface area (Å²) in [6.07, 6.45) is -0.143. The number of halogens is 3. The van der Waals surface area contributed by atoms with Crippen LogP contribution in [0.5, 0.6) is 0 Å². The van der Waals surface area contributed by atoms with Crippen LogP contribution in [0.4, 0.5) is 13.2 Å². The van der Waals surface area contributed by atoms with Crippen LogP contribution >= 0.6 is 0 Å². The Hall–Kier alpha value is -2.39. The highest BCUT2D eigenvalue weighted by Crippen LogP contribution is 2.37. The number of fused-ring (bicyclic) bond motifs is 1. The molecule has 0 saturated carbocycles. The van der Waals surface area contributed by atoms with Crippen LogP contribution in [0.15, 0.2) is 24.5 Å². The van der Waals surface area contributed by atoms with Gasteiger partial charge in [0.05, 0.1) is 30.5 Å². The number of nitrogens with one attached hydrogen (secondary N) is 1. The minimum atomic E-state index is -4.44. The zero-order chi connectivity index (χ0) is 19.3. The van der Waals surface area contributed by atoms with Crippen molar-refractivity contribution >= 4 is 11.0 Å². The summed E-state index contributed by atoms with van der Waals surface area (Å²) in [6, 6.07) is 3.61. The molecule has 0 aromatic carbocycles. The van der Waals surface area contributed by atoms with Crippen molar-refractivity contribution < 1.29 is 22.6 Å². The number of hydrogen-bond acceptors (Lipinski definition) is 4. The highest BCUT2D eigenvalue weighted by Gasteiger charge is 2.34. The predicted molar refractivity (Wildman–Crippen MR) is 95.0 cm³/mol. The van der Waals surface area contributed by atoms with Crippen LogP contribution in [-0.2, 0) is 15.7 Å². The standard InChI is InChI=1S/C19H19F3N4O2/c20-19(21,22)15-8-24-18-14(15)5-12(7-23-18)16-6-17(11-1-3-27-9-11)26(25-16)13-2-4-28-10-13/h5-8,11,13H,1-4,9-10H2,(H,23,24)/t11-,13?/m1/s1. The fourth-order valence-electron chi connectivity index (χ4n) is 4.01. The molecule has 0 aliphatic carbocycles. The quantitative estimate of drug-likeness (QED) is 0.734. The van der Waals surface area contributed by atoms with Crippen molar-refractivity contribution in [1.82, 2.24) is 19.7 Å². The molecule has 5 heterocycles. The zero-order valence-electron chi connectivity index (χ0n) is 15.0. The van der Waals surface area contributed by atoms with E-state index in [2.05, 4.69) is 9.97 Å². The van der Waals surface area contributed by atoms with E-state index in [4.69, 9.17) is 14.6 Å². The number of nitrogens with zero attached hydrogens (tertiary/aromatic N) is 3. The molecular formula is C19H19F3N4O2. The number of aromatic amines is 1. The van der Waals surface area contributed by atoms with Crippen LogP contribution in [0.3, 0.4) is 0 Å². The van der Waals surface area contributed by atoms with Crippen LogP contribution in [0, 0.1) is 0 Å². The van der Waals surface area contributed by atoms with Crippen molar-refractivity contribution in [2.75, 3.05) is 26.4 Å². The number of alkyl halides is 3. The lowest BCUT2D eigenvalue weighted by atomic mass is 10.0. The maximum atomic E-state index is 13.3. The third-order valence-corrected chi connectivity index (χ3v) is 5.50. The first-order chi connectivity index (χ1) is 13.5. The number of rotatable bonds is 3. The Morgan fingerprint density at radius 2 is 1.93 bits per heavy atom. The molecule has 28 heavy (non-hydrogen) atoms. The topological polar surface area (TPSA) is 65.0 Å². The van der Waals surface area contributed by atoms with Gasteiger partial charge in [-0.15, -0.1) is 0 Å². The normalized spacial score (nSPS) is 23.1. The first kappa shape index (κ1) is 17.7. The lowest BCUT2D eigenvalue weighted by Crippen LogP contribution is -2.16. The number of aromatic nitrogens is 4. The van der Waals surface area contributed by atoms with E-state index < -0.39 is 11.7 Å².